The largest absolute Gasteiger partial charge is 0.491 e. The SMILES string of the molecule is OC(CNc1ccc(Br)cn1)COc1ccc(F)c(F)c1. The molecule has 0 amide bonds. The van der Waals surface area contributed by atoms with Gasteiger partial charge in [0.2, 0.25) is 0 Å². The van der Waals surface area contributed by atoms with Gasteiger partial charge >= 0.3 is 0 Å². The number of nitrogens with zero attached hydrogens (tertiary/aromatic N) is 1. The maximum absolute atomic E-state index is 13.0. The molecule has 21 heavy (non-hydrogen) atoms. The van der Waals surface area contributed by atoms with Crippen molar-refractivity contribution >= 4 is 21.7 Å². The molecule has 1 atom stereocenters. The Bertz CT molecular complexity index is 596. The number of aromatic nitrogens is 1. The van der Waals surface area contributed by atoms with Crippen molar-refractivity contribution in [3.63, 3.8) is 0 Å². The lowest BCUT2D eigenvalue weighted by molar-refractivity contribution is 0.117. The average Bonchev–Trinajstić information content (AvgIpc) is 2.48. The highest BCUT2D eigenvalue weighted by Crippen LogP contribution is 2.15. The van der Waals surface area contributed by atoms with Gasteiger partial charge in [0.1, 0.15) is 24.3 Å². The Morgan fingerprint density at radius 1 is 1.24 bits per heavy atom. The van der Waals surface area contributed by atoms with Gasteiger partial charge < -0.3 is 15.2 Å². The van der Waals surface area contributed by atoms with Crippen molar-refractivity contribution in [2.45, 2.75) is 6.10 Å². The summed E-state index contributed by atoms with van der Waals surface area (Å²) in [6.07, 6.45) is 0.815. The van der Waals surface area contributed by atoms with Crippen LogP contribution in [0.1, 0.15) is 0 Å². The highest BCUT2D eigenvalue weighted by Gasteiger charge is 2.08. The van der Waals surface area contributed by atoms with Crippen LogP contribution in [0.15, 0.2) is 41.0 Å². The van der Waals surface area contributed by atoms with E-state index >= 15 is 0 Å². The first-order valence-electron chi connectivity index (χ1n) is 6.16. The third-order valence-electron chi connectivity index (χ3n) is 2.58. The van der Waals surface area contributed by atoms with Gasteiger partial charge in [-0.1, -0.05) is 0 Å². The Kier molecular flexibility index (Phi) is 5.46. The van der Waals surface area contributed by atoms with E-state index in [0.717, 1.165) is 16.6 Å². The van der Waals surface area contributed by atoms with Crippen LogP contribution in [0.3, 0.4) is 0 Å². The standard InChI is InChI=1S/C14H13BrF2N2O2/c15-9-1-4-14(18-6-9)19-7-10(20)8-21-11-2-3-12(16)13(17)5-11/h1-6,10,20H,7-8H2,(H,18,19). The first-order chi connectivity index (χ1) is 10.0. The molecule has 0 spiro atoms. The van der Waals surface area contributed by atoms with Crippen molar-refractivity contribution in [3.05, 3.63) is 52.6 Å². The van der Waals surface area contributed by atoms with Crippen molar-refractivity contribution in [2.75, 3.05) is 18.5 Å². The van der Waals surface area contributed by atoms with Gasteiger partial charge in [-0.05, 0) is 40.2 Å². The number of benzene rings is 1. The molecule has 7 heteroatoms. The highest BCUT2D eigenvalue weighted by molar-refractivity contribution is 9.10. The fraction of sp³-hybridized carbons (Fsp3) is 0.214. The number of halogens is 3. The molecule has 2 aromatic rings. The van der Waals surface area contributed by atoms with Gasteiger partial charge in [0.25, 0.3) is 0 Å². The zero-order chi connectivity index (χ0) is 15.2. The minimum Gasteiger partial charge on any atom is -0.491 e. The van der Waals surface area contributed by atoms with Crippen LogP contribution in [0.4, 0.5) is 14.6 Å². The Labute approximate surface area is 128 Å². The molecule has 1 unspecified atom stereocenters. The number of pyridine rings is 1. The molecule has 0 aliphatic rings. The van der Waals surface area contributed by atoms with Crippen molar-refractivity contribution in [3.8, 4) is 5.75 Å². The molecule has 112 valence electrons. The van der Waals surface area contributed by atoms with Crippen LogP contribution in [0.25, 0.3) is 0 Å². The van der Waals surface area contributed by atoms with E-state index in [4.69, 9.17) is 4.74 Å². The van der Waals surface area contributed by atoms with Gasteiger partial charge in [-0.2, -0.15) is 0 Å². The fourth-order valence-corrected chi connectivity index (χ4v) is 1.76. The number of aliphatic hydroxyl groups is 1. The van der Waals surface area contributed by atoms with Gasteiger partial charge in [-0.3, -0.25) is 0 Å². The summed E-state index contributed by atoms with van der Waals surface area (Å²) < 4.78 is 31.7. The second-order valence-electron chi connectivity index (χ2n) is 4.28. The molecule has 0 bridgehead atoms. The molecule has 0 aliphatic carbocycles. The molecule has 2 rings (SSSR count). The maximum atomic E-state index is 13.0. The van der Waals surface area contributed by atoms with Crippen LogP contribution in [-0.4, -0.2) is 29.3 Å². The first-order valence-corrected chi connectivity index (χ1v) is 6.95. The summed E-state index contributed by atoms with van der Waals surface area (Å²) in [6, 6.07) is 6.79. The predicted molar refractivity (Wildman–Crippen MR) is 78.3 cm³/mol. The molecule has 0 saturated carbocycles. The van der Waals surface area contributed by atoms with E-state index in [1.807, 2.05) is 6.07 Å². The molecule has 0 radical (unpaired) electrons. The van der Waals surface area contributed by atoms with Crippen molar-refractivity contribution in [2.24, 2.45) is 0 Å². The van der Waals surface area contributed by atoms with E-state index in [-0.39, 0.29) is 18.9 Å². The number of aliphatic hydroxyl groups excluding tert-OH is 1. The molecule has 4 nitrogen and oxygen atoms in total. The van der Waals surface area contributed by atoms with Gasteiger partial charge in [-0.15, -0.1) is 0 Å². The van der Waals surface area contributed by atoms with Gasteiger partial charge in [0, 0.05) is 23.3 Å². The van der Waals surface area contributed by atoms with Gasteiger partial charge in [0.05, 0.1) is 0 Å². The number of nitrogens with one attached hydrogen (secondary N) is 1. The summed E-state index contributed by atoms with van der Waals surface area (Å²) in [5, 5.41) is 12.7. The summed E-state index contributed by atoms with van der Waals surface area (Å²) in [5.74, 6) is -1.15. The molecular weight excluding hydrogens is 346 g/mol. The lowest BCUT2D eigenvalue weighted by atomic mass is 10.3. The quantitative estimate of drug-likeness (QED) is 0.833. The van der Waals surface area contributed by atoms with Crippen LogP contribution in [0, 0.1) is 11.6 Å². The molecule has 0 saturated heterocycles. The zero-order valence-corrected chi connectivity index (χ0v) is 12.5. The fourth-order valence-electron chi connectivity index (χ4n) is 1.52. The second kappa shape index (κ2) is 7.33. The number of hydrogen-bond donors (Lipinski definition) is 2. The van der Waals surface area contributed by atoms with Crippen molar-refractivity contribution in [1.82, 2.24) is 4.98 Å². The van der Waals surface area contributed by atoms with Gasteiger partial charge in [0.15, 0.2) is 11.6 Å². The Hall–Kier alpha value is -1.73. The summed E-state index contributed by atoms with van der Waals surface area (Å²) in [5.41, 5.74) is 0. The van der Waals surface area contributed by atoms with Crippen LogP contribution < -0.4 is 10.1 Å². The lowest BCUT2D eigenvalue weighted by Crippen LogP contribution is -2.26. The molecule has 0 aliphatic heterocycles. The topological polar surface area (TPSA) is 54.4 Å². The summed E-state index contributed by atoms with van der Waals surface area (Å²) in [7, 11) is 0. The average molecular weight is 359 g/mol. The summed E-state index contributed by atoms with van der Waals surface area (Å²) >= 11 is 3.27. The van der Waals surface area contributed by atoms with E-state index in [1.165, 1.54) is 6.07 Å². The van der Waals surface area contributed by atoms with E-state index in [9.17, 15) is 13.9 Å². The predicted octanol–water partition coefficient (Wildman–Crippen LogP) is 2.97. The van der Waals surface area contributed by atoms with Crippen LogP contribution in [0.5, 0.6) is 5.75 Å². The Morgan fingerprint density at radius 2 is 2.05 bits per heavy atom. The van der Waals surface area contributed by atoms with E-state index in [1.54, 1.807) is 12.3 Å². The van der Waals surface area contributed by atoms with Crippen LogP contribution in [0.2, 0.25) is 0 Å². The number of rotatable bonds is 6. The third-order valence-corrected chi connectivity index (χ3v) is 3.05. The molecule has 1 aromatic heterocycles. The van der Waals surface area contributed by atoms with Gasteiger partial charge in [-0.25, -0.2) is 13.8 Å². The number of hydrogen-bond acceptors (Lipinski definition) is 4. The van der Waals surface area contributed by atoms with Crippen molar-refractivity contribution in [1.29, 1.82) is 0 Å². The maximum Gasteiger partial charge on any atom is 0.162 e. The minimum atomic E-state index is -0.987. The normalized spacial score (nSPS) is 12.0. The molecule has 1 aromatic carbocycles. The van der Waals surface area contributed by atoms with E-state index < -0.39 is 17.7 Å². The zero-order valence-electron chi connectivity index (χ0n) is 10.9. The number of anilines is 1. The smallest absolute Gasteiger partial charge is 0.162 e. The molecule has 1 heterocycles. The third kappa shape index (κ3) is 4.95. The van der Waals surface area contributed by atoms with E-state index in [2.05, 4.69) is 26.2 Å². The lowest BCUT2D eigenvalue weighted by Gasteiger charge is -2.13. The molecule has 0 fully saturated rings. The summed E-state index contributed by atoms with van der Waals surface area (Å²) in [4.78, 5) is 4.09. The monoisotopic (exact) mass is 358 g/mol. The molecular formula is C14H13BrF2N2O2. The Morgan fingerprint density at radius 3 is 2.71 bits per heavy atom. The Balaban J connectivity index is 1.77. The highest BCUT2D eigenvalue weighted by atomic mass is 79.9. The van der Waals surface area contributed by atoms with Crippen LogP contribution in [-0.2, 0) is 0 Å². The van der Waals surface area contributed by atoms with E-state index in [0.29, 0.717) is 5.82 Å². The van der Waals surface area contributed by atoms with Crippen LogP contribution >= 0.6 is 15.9 Å². The van der Waals surface area contributed by atoms with Crippen molar-refractivity contribution < 1.29 is 18.6 Å². The molecule has 2 N–H and O–H groups in total. The minimum absolute atomic E-state index is 0.0470. The number of ether oxygens (including phenoxy) is 1. The first kappa shape index (κ1) is 15.7. The second-order valence-corrected chi connectivity index (χ2v) is 5.20. The summed E-state index contributed by atoms with van der Waals surface area (Å²) in [6.45, 7) is 0.174.